The van der Waals surface area contributed by atoms with Crippen LogP contribution in [0.1, 0.15) is 118 Å². The van der Waals surface area contributed by atoms with Gasteiger partial charge >= 0.3 is 0 Å². The molecule has 5 nitrogen and oxygen atoms in total. The zero-order chi connectivity index (χ0) is 32.9. The Labute approximate surface area is 274 Å². The molecule has 45 heavy (non-hydrogen) atoms. The minimum atomic E-state index is -0.744. The van der Waals surface area contributed by atoms with Gasteiger partial charge in [0.05, 0.1) is 24.4 Å². The molecule has 2 aromatic rings. The van der Waals surface area contributed by atoms with Gasteiger partial charge in [-0.25, -0.2) is 0 Å². The van der Waals surface area contributed by atoms with E-state index in [9.17, 15) is 10.2 Å². The molecule has 0 heterocycles. The summed E-state index contributed by atoms with van der Waals surface area (Å²) in [6.45, 7) is 16.7. The Morgan fingerprint density at radius 1 is 0.578 bits per heavy atom. The summed E-state index contributed by atoms with van der Waals surface area (Å²) < 4.78 is 19.2. The van der Waals surface area contributed by atoms with Gasteiger partial charge in [-0.15, -0.1) is 0 Å². The Morgan fingerprint density at radius 3 is 1.27 bits per heavy atom. The van der Waals surface area contributed by atoms with E-state index in [1.165, 1.54) is 38.5 Å². The Bertz CT molecular complexity index is 956. The number of ether oxygens (including phenoxy) is 3. The van der Waals surface area contributed by atoms with Crippen molar-refractivity contribution in [1.82, 2.24) is 0 Å². The maximum Gasteiger partial charge on any atom is 0.125 e. The number of hydrogen-bond donors (Lipinski definition) is 2. The Kier molecular flexibility index (Phi) is 19.6. The zero-order valence-electron chi connectivity index (χ0n) is 28.7. The monoisotopic (exact) mass is 622 g/mol. The van der Waals surface area contributed by atoms with Crippen molar-refractivity contribution in [2.45, 2.75) is 154 Å². The molecular weight excluding hydrogens is 560 g/mol. The van der Waals surface area contributed by atoms with E-state index in [1.54, 1.807) is 0 Å². The van der Waals surface area contributed by atoms with Crippen LogP contribution in [0.5, 0.6) is 11.5 Å². The minimum Gasteiger partial charge on any atom is -0.488 e. The summed E-state index contributed by atoms with van der Waals surface area (Å²) in [5.74, 6) is 1.51. The molecule has 0 aliphatic rings. The second kappa shape index (κ2) is 22.8. The van der Waals surface area contributed by atoms with E-state index < -0.39 is 24.4 Å². The molecule has 6 unspecified atom stereocenters. The van der Waals surface area contributed by atoms with Gasteiger partial charge in [0.15, 0.2) is 0 Å². The molecule has 0 spiro atoms. The van der Waals surface area contributed by atoms with Crippen LogP contribution in [0, 0.1) is 0 Å². The Balaban J connectivity index is 2.11. The summed E-state index contributed by atoms with van der Waals surface area (Å²) in [6.07, 6.45) is 10.7. The molecule has 0 saturated heterocycles. The molecule has 2 rings (SSSR count). The molecule has 0 aliphatic carbocycles. The molecule has 0 bridgehead atoms. The molecule has 5 heteroatoms. The summed E-state index contributed by atoms with van der Waals surface area (Å²) in [6, 6.07) is 19.4. The number of aliphatic hydroxyl groups excluding tert-OH is 2. The highest BCUT2D eigenvalue weighted by Crippen LogP contribution is 2.27. The molecule has 0 aliphatic heterocycles. The van der Waals surface area contributed by atoms with Crippen molar-refractivity contribution < 1.29 is 24.4 Å². The molecule has 252 valence electrons. The topological polar surface area (TPSA) is 68.2 Å². The van der Waals surface area contributed by atoms with Gasteiger partial charge in [0, 0.05) is 12.8 Å². The van der Waals surface area contributed by atoms with Crippen molar-refractivity contribution in [2.75, 3.05) is 0 Å². The molecule has 0 radical (unpaired) electrons. The maximum atomic E-state index is 11.5. The van der Waals surface area contributed by atoms with Crippen molar-refractivity contribution >= 4 is 0 Å². The average molecular weight is 623 g/mol. The summed E-state index contributed by atoms with van der Waals surface area (Å²) in [5.41, 5.74) is 1.65. The standard InChI is InChI=1S/C40H62O5/c1-7-9-11-13-21-27-37(43-33-23-17-15-18-24-33)35(41)29-39(31(3)4)45-40(32(5)6)30-36(42)38(28-22-14-12-10-8-2)44-34-25-19-16-20-26-34/h15-20,23-26,35-42H,3,5,7-14,21-22,27-30H2,1-2,4,6H3. The molecule has 2 N–H and O–H groups in total. The van der Waals surface area contributed by atoms with E-state index in [0.29, 0.717) is 12.8 Å². The first-order valence-electron chi connectivity index (χ1n) is 17.5. The second-order valence-corrected chi connectivity index (χ2v) is 12.8. The van der Waals surface area contributed by atoms with E-state index >= 15 is 0 Å². The van der Waals surface area contributed by atoms with Crippen LogP contribution >= 0.6 is 0 Å². The van der Waals surface area contributed by atoms with E-state index in [1.807, 2.05) is 74.5 Å². The quantitative estimate of drug-likeness (QED) is 0.0807. The van der Waals surface area contributed by atoms with Crippen molar-refractivity contribution in [1.29, 1.82) is 0 Å². The number of benzene rings is 2. The minimum absolute atomic E-state index is 0.350. The van der Waals surface area contributed by atoms with Crippen LogP contribution in [0.2, 0.25) is 0 Å². The Hall–Kier alpha value is -2.60. The van der Waals surface area contributed by atoms with E-state index in [2.05, 4.69) is 27.0 Å². The normalized spacial score (nSPS) is 15.4. The number of hydrogen-bond acceptors (Lipinski definition) is 5. The van der Waals surface area contributed by atoms with Crippen LogP contribution in [0.15, 0.2) is 85.0 Å². The van der Waals surface area contributed by atoms with Gasteiger partial charge in [-0.05, 0) is 63.8 Å². The van der Waals surface area contributed by atoms with Crippen molar-refractivity contribution in [3.8, 4) is 11.5 Å². The van der Waals surface area contributed by atoms with Crippen molar-refractivity contribution in [3.63, 3.8) is 0 Å². The largest absolute Gasteiger partial charge is 0.488 e. The highest BCUT2D eigenvalue weighted by molar-refractivity contribution is 5.22. The van der Waals surface area contributed by atoms with E-state index in [0.717, 1.165) is 61.2 Å². The first-order valence-corrected chi connectivity index (χ1v) is 17.5. The highest BCUT2D eigenvalue weighted by Gasteiger charge is 2.30. The van der Waals surface area contributed by atoms with Gasteiger partial charge in [0.2, 0.25) is 0 Å². The predicted molar refractivity (Wildman–Crippen MR) is 188 cm³/mol. The maximum absolute atomic E-state index is 11.5. The molecule has 6 atom stereocenters. The van der Waals surface area contributed by atoms with Gasteiger partial charge in [-0.2, -0.15) is 0 Å². The summed E-state index contributed by atoms with van der Waals surface area (Å²) in [5, 5.41) is 23.0. The molecule has 0 fully saturated rings. The lowest BCUT2D eigenvalue weighted by molar-refractivity contribution is -0.0576. The van der Waals surface area contributed by atoms with Crippen LogP contribution in [0.4, 0.5) is 0 Å². The number of rotatable bonds is 26. The summed E-state index contributed by atoms with van der Waals surface area (Å²) in [7, 11) is 0. The average Bonchev–Trinajstić information content (AvgIpc) is 3.03. The fourth-order valence-corrected chi connectivity index (χ4v) is 5.59. The van der Waals surface area contributed by atoms with Crippen molar-refractivity contribution in [2.24, 2.45) is 0 Å². The van der Waals surface area contributed by atoms with Gasteiger partial charge in [0.25, 0.3) is 0 Å². The molecule has 0 amide bonds. The van der Waals surface area contributed by atoms with E-state index in [4.69, 9.17) is 14.2 Å². The number of para-hydroxylation sites is 2. The number of aliphatic hydroxyl groups is 2. The van der Waals surface area contributed by atoms with Crippen LogP contribution in [-0.2, 0) is 4.74 Å². The smallest absolute Gasteiger partial charge is 0.125 e. The lowest BCUT2D eigenvalue weighted by Crippen LogP contribution is -2.39. The third kappa shape index (κ3) is 16.0. The Morgan fingerprint density at radius 2 is 0.933 bits per heavy atom. The fraction of sp³-hybridized carbons (Fsp3) is 0.600. The SMILES string of the molecule is C=C(C)C(CC(O)C(CCCCCCC)Oc1ccccc1)OC(CC(O)C(CCCCCCC)Oc1ccccc1)C(=C)C. The highest BCUT2D eigenvalue weighted by atomic mass is 16.5. The van der Waals surface area contributed by atoms with Gasteiger partial charge in [-0.3, -0.25) is 0 Å². The third-order valence-corrected chi connectivity index (χ3v) is 8.44. The molecule has 0 aromatic heterocycles. The van der Waals surface area contributed by atoms with Crippen molar-refractivity contribution in [3.05, 3.63) is 85.0 Å². The first kappa shape index (κ1) is 38.6. The summed E-state index contributed by atoms with van der Waals surface area (Å²) in [4.78, 5) is 0. The lowest BCUT2D eigenvalue weighted by atomic mass is 9.96. The van der Waals surface area contributed by atoms with Crippen LogP contribution in [0.3, 0.4) is 0 Å². The first-order chi connectivity index (χ1) is 21.7. The van der Waals surface area contributed by atoms with Gasteiger partial charge in [0.1, 0.15) is 23.7 Å². The molecular formula is C40H62O5. The second-order valence-electron chi connectivity index (χ2n) is 12.8. The summed E-state index contributed by atoms with van der Waals surface area (Å²) >= 11 is 0. The fourth-order valence-electron chi connectivity index (χ4n) is 5.59. The lowest BCUT2D eigenvalue weighted by Gasteiger charge is -2.32. The zero-order valence-corrected chi connectivity index (χ0v) is 28.7. The van der Waals surface area contributed by atoms with Crippen LogP contribution in [0.25, 0.3) is 0 Å². The van der Waals surface area contributed by atoms with Crippen LogP contribution in [-0.4, -0.2) is 46.8 Å². The third-order valence-electron chi connectivity index (χ3n) is 8.44. The van der Waals surface area contributed by atoms with Crippen LogP contribution < -0.4 is 9.47 Å². The van der Waals surface area contributed by atoms with Gasteiger partial charge in [-0.1, -0.05) is 126 Å². The molecule has 2 aromatic carbocycles. The molecule has 0 saturated carbocycles. The predicted octanol–water partition coefficient (Wildman–Crippen LogP) is 10.0. The van der Waals surface area contributed by atoms with Gasteiger partial charge < -0.3 is 24.4 Å². The number of unbranched alkanes of at least 4 members (excludes halogenated alkanes) is 8. The van der Waals surface area contributed by atoms with E-state index in [-0.39, 0.29) is 12.2 Å².